The van der Waals surface area contributed by atoms with Gasteiger partial charge < -0.3 is 14.9 Å². The molecule has 2 N–H and O–H groups in total. The number of rotatable bonds is 7. The van der Waals surface area contributed by atoms with Crippen LogP contribution >= 0.6 is 11.6 Å². The van der Waals surface area contributed by atoms with E-state index < -0.39 is 35.8 Å². The molecule has 4 aromatic heterocycles. The van der Waals surface area contributed by atoms with Crippen molar-refractivity contribution in [1.82, 2.24) is 19.5 Å². The number of pyridine rings is 4. The van der Waals surface area contributed by atoms with Crippen LogP contribution in [-0.4, -0.2) is 36.3 Å². The Morgan fingerprint density at radius 3 is 2.61 bits per heavy atom. The summed E-state index contributed by atoms with van der Waals surface area (Å²) in [6.07, 6.45) is 1.27. The van der Waals surface area contributed by atoms with Crippen molar-refractivity contribution < 1.29 is 23.7 Å². The van der Waals surface area contributed by atoms with E-state index in [9.17, 15) is 23.8 Å². The number of ether oxygens (including phenoxy) is 1. The highest BCUT2D eigenvalue weighted by molar-refractivity contribution is 6.31. The van der Waals surface area contributed by atoms with Gasteiger partial charge in [-0.05, 0) is 43.7 Å². The van der Waals surface area contributed by atoms with Crippen LogP contribution in [0.5, 0.6) is 5.88 Å². The Balaban J connectivity index is 1.71. The van der Waals surface area contributed by atoms with E-state index in [-0.39, 0.29) is 17.3 Å². The molecule has 36 heavy (non-hydrogen) atoms. The standard InChI is InChI=1S/C25H21ClF2N4O4/c1-13-9-29-20(18-4-3-5-19(31-18)22(34)11-33)8-21(13)32-14(2)6-15(23(26)25(32)35)12-36-24-17(28)7-16(27)10-30-24/h3-10,22,33-34H,11-12H2,1-2H3/t22-/m1/s1. The van der Waals surface area contributed by atoms with Crippen LogP contribution in [0, 0.1) is 25.5 Å². The zero-order valence-corrected chi connectivity index (χ0v) is 20.0. The van der Waals surface area contributed by atoms with Crippen molar-refractivity contribution >= 4 is 11.6 Å². The maximum absolute atomic E-state index is 13.8. The SMILES string of the molecule is Cc1cnc(-c2cccc([C@H](O)CO)n2)cc1-n1c(C)cc(COc2ncc(F)cc2F)c(Cl)c1=O. The fourth-order valence-corrected chi connectivity index (χ4v) is 3.80. The first kappa shape index (κ1) is 25.4. The molecule has 186 valence electrons. The highest BCUT2D eigenvalue weighted by atomic mass is 35.5. The Morgan fingerprint density at radius 1 is 1.11 bits per heavy atom. The third kappa shape index (κ3) is 5.11. The predicted molar refractivity (Wildman–Crippen MR) is 128 cm³/mol. The summed E-state index contributed by atoms with van der Waals surface area (Å²) >= 11 is 6.37. The number of hydrogen-bond acceptors (Lipinski definition) is 7. The summed E-state index contributed by atoms with van der Waals surface area (Å²) < 4.78 is 33.6. The predicted octanol–water partition coefficient (Wildman–Crippen LogP) is 3.84. The highest BCUT2D eigenvalue weighted by Crippen LogP contribution is 2.25. The molecule has 4 aromatic rings. The van der Waals surface area contributed by atoms with Crippen LogP contribution < -0.4 is 10.3 Å². The smallest absolute Gasteiger partial charge is 0.274 e. The van der Waals surface area contributed by atoms with E-state index in [1.54, 1.807) is 50.4 Å². The molecule has 0 radical (unpaired) electrons. The lowest BCUT2D eigenvalue weighted by Gasteiger charge is -2.17. The van der Waals surface area contributed by atoms with Gasteiger partial charge in [-0.15, -0.1) is 0 Å². The topological polar surface area (TPSA) is 110 Å². The van der Waals surface area contributed by atoms with Crippen LogP contribution in [0.2, 0.25) is 5.02 Å². The number of aromatic nitrogens is 4. The van der Waals surface area contributed by atoms with Gasteiger partial charge in [0, 0.05) is 23.5 Å². The van der Waals surface area contributed by atoms with Crippen LogP contribution in [0.3, 0.4) is 0 Å². The van der Waals surface area contributed by atoms with Gasteiger partial charge in [0.1, 0.15) is 23.6 Å². The van der Waals surface area contributed by atoms with Crippen LogP contribution in [0.25, 0.3) is 17.1 Å². The second-order valence-corrected chi connectivity index (χ2v) is 8.37. The molecule has 0 saturated heterocycles. The second-order valence-electron chi connectivity index (χ2n) is 8.00. The Bertz CT molecular complexity index is 1500. The average Bonchev–Trinajstić information content (AvgIpc) is 2.87. The van der Waals surface area contributed by atoms with Gasteiger partial charge in [-0.1, -0.05) is 17.7 Å². The van der Waals surface area contributed by atoms with Gasteiger partial charge in [-0.25, -0.2) is 18.7 Å². The van der Waals surface area contributed by atoms with Gasteiger partial charge in [-0.3, -0.25) is 14.3 Å². The molecule has 0 aromatic carbocycles. The lowest BCUT2D eigenvalue weighted by Crippen LogP contribution is -2.24. The van der Waals surface area contributed by atoms with E-state index >= 15 is 0 Å². The third-order valence-corrected chi connectivity index (χ3v) is 5.81. The van der Waals surface area contributed by atoms with E-state index in [4.69, 9.17) is 16.3 Å². The molecular weight excluding hydrogens is 494 g/mol. The van der Waals surface area contributed by atoms with E-state index in [1.807, 2.05) is 0 Å². The first-order valence-electron chi connectivity index (χ1n) is 10.8. The molecule has 11 heteroatoms. The molecule has 0 aliphatic rings. The van der Waals surface area contributed by atoms with Crippen molar-refractivity contribution in [2.45, 2.75) is 26.6 Å². The van der Waals surface area contributed by atoms with Crippen molar-refractivity contribution in [1.29, 1.82) is 0 Å². The Labute approximate surface area is 209 Å². The molecule has 4 heterocycles. The first-order chi connectivity index (χ1) is 17.2. The monoisotopic (exact) mass is 514 g/mol. The van der Waals surface area contributed by atoms with Crippen LogP contribution in [-0.2, 0) is 6.61 Å². The number of halogens is 3. The molecule has 0 aliphatic carbocycles. The number of hydrogen-bond donors (Lipinski definition) is 2. The largest absolute Gasteiger partial charge is 0.471 e. The van der Waals surface area contributed by atoms with Crippen LogP contribution in [0.15, 0.2) is 53.6 Å². The van der Waals surface area contributed by atoms with Gasteiger partial charge in [0.2, 0.25) is 0 Å². The number of aliphatic hydroxyl groups is 2. The van der Waals surface area contributed by atoms with Gasteiger partial charge in [0.25, 0.3) is 11.4 Å². The van der Waals surface area contributed by atoms with Crippen LogP contribution in [0.4, 0.5) is 8.78 Å². The maximum atomic E-state index is 13.8. The van der Waals surface area contributed by atoms with Gasteiger partial charge >= 0.3 is 0 Å². The van der Waals surface area contributed by atoms with Crippen molar-refractivity contribution in [3.8, 4) is 23.0 Å². The Kier molecular flexibility index (Phi) is 7.39. The summed E-state index contributed by atoms with van der Waals surface area (Å²) in [5, 5.41) is 19.0. The molecule has 0 spiro atoms. The molecule has 0 amide bonds. The zero-order chi connectivity index (χ0) is 26.0. The minimum absolute atomic E-state index is 0.132. The van der Waals surface area contributed by atoms with Gasteiger partial charge in [0.15, 0.2) is 5.82 Å². The molecule has 0 saturated carbocycles. The number of aryl methyl sites for hydroxylation is 2. The lowest BCUT2D eigenvalue weighted by atomic mass is 10.1. The van der Waals surface area contributed by atoms with Crippen molar-refractivity contribution in [2.75, 3.05) is 6.61 Å². The number of aliphatic hydroxyl groups excluding tert-OH is 2. The Hall–Kier alpha value is -3.73. The molecule has 8 nitrogen and oxygen atoms in total. The molecule has 4 rings (SSSR count). The highest BCUT2D eigenvalue weighted by Gasteiger charge is 2.17. The lowest BCUT2D eigenvalue weighted by molar-refractivity contribution is 0.0923. The minimum Gasteiger partial charge on any atom is -0.471 e. The van der Waals surface area contributed by atoms with Crippen molar-refractivity contribution in [2.24, 2.45) is 0 Å². The van der Waals surface area contributed by atoms with E-state index in [1.165, 1.54) is 4.57 Å². The fraction of sp³-hybridized carbons (Fsp3) is 0.200. The van der Waals surface area contributed by atoms with Crippen LogP contribution in [0.1, 0.15) is 28.6 Å². The molecule has 0 fully saturated rings. The summed E-state index contributed by atoms with van der Waals surface area (Å²) in [5.41, 5.74) is 2.67. The van der Waals surface area contributed by atoms with E-state index in [0.717, 1.165) is 6.20 Å². The van der Waals surface area contributed by atoms with Crippen molar-refractivity contribution in [3.05, 3.63) is 98.3 Å². The number of nitrogens with zero attached hydrogens (tertiary/aromatic N) is 4. The van der Waals surface area contributed by atoms with Crippen molar-refractivity contribution in [3.63, 3.8) is 0 Å². The molecular formula is C25H21ClF2N4O4. The fourth-order valence-electron chi connectivity index (χ4n) is 3.60. The maximum Gasteiger partial charge on any atom is 0.274 e. The van der Waals surface area contributed by atoms with Gasteiger partial charge in [-0.2, -0.15) is 0 Å². The minimum atomic E-state index is -1.13. The molecule has 0 unspecified atom stereocenters. The first-order valence-corrected chi connectivity index (χ1v) is 11.2. The summed E-state index contributed by atoms with van der Waals surface area (Å²) in [6.45, 7) is 2.76. The summed E-state index contributed by atoms with van der Waals surface area (Å²) in [7, 11) is 0. The quantitative estimate of drug-likeness (QED) is 0.385. The summed E-state index contributed by atoms with van der Waals surface area (Å²) in [5.74, 6) is -2.22. The van der Waals surface area contributed by atoms with E-state index in [2.05, 4.69) is 15.0 Å². The zero-order valence-electron chi connectivity index (χ0n) is 19.2. The normalized spacial score (nSPS) is 12.0. The van der Waals surface area contributed by atoms with E-state index in [0.29, 0.717) is 40.0 Å². The average molecular weight is 515 g/mol. The summed E-state index contributed by atoms with van der Waals surface area (Å²) in [4.78, 5) is 25.6. The molecule has 1 atom stereocenters. The second kappa shape index (κ2) is 10.5. The Morgan fingerprint density at radius 2 is 1.89 bits per heavy atom. The molecule has 0 bridgehead atoms. The summed E-state index contributed by atoms with van der Waals surface area (Å²) in [6, 6.07) is 8.90. The molecule has 0 aliphatic heterocycles. The van der Waals surface area contributed by atoms with Gasteiger partial charge in [0.05, 0.1) is 35.6 Å². The third-order valence-electron chi connectivity index (χ3n) is 5.41.